The van der Waals surface area contributed by atoms with Crippen LogP contribution in [0, 0.1) is 5.92 Å². The van der Waals surface area contributed by atoms with Gasteiger partial charge in [-0.15, -0.1) is 0 Å². The number of esters is 1. The van der Waals surface area contributed by atoms with E-state index in [2.05, 4.69) is 39.5 Å². The van der Waals surface area contributed by atoms with E-state index in [0.717, 1.165) is 33.5 Å². The molecule has 0 aromatic heterocycles. The van der Waals surface area contributed by atoms with Crippen molar-refractivity contribution in [3.63, 3.8) is 0 Å². The molecule has 1 N–H and O–H groups in total. The van der Waals surface area contributed by atoms with Crippen LogP contribution in [0.15, 0.2) is 47.0 Å². The predicted molar refractivity (Wildman–Crippen MR) is 110 cm³/mol. The summed E-state index contributed by atoms with van der Waals surface area (Å²) in [4.78, 5) is 12.3. The van der Waals surface area contributed by atoms with E-state index >= 15 is 0 Å². The molecule has 0 fully saturated rings. The van der Waals surface area contributed by atoms with Crippen molar-refractivity contribution in [1.29, 1.82) is 0 Å². The van der Waals surface area contributed by atoms with Crippen molar-refractivity contribution < 1.29 is 14.3 Å². The molecule has 27 heavy (non-hydrogen) atoms. The second-order valence-electron chi connectivity index (χ2n) is 6.74. The lowest BCUT2D eigenvalue weighted by Crippen LogP contribution is -2.31. The van der Waals surface area contributed by atoms with Gasteiger partial charge in [-0.3, -0.25) is 0 Å². The zero-order valence-corrected chi connectivity index (χ0v) is 17.3. The van der Waals surface area contributed by atoms with E-state index in [0.29, 0.717) is 10.6 Å². The van der Waals surface area contributed by atoms with Gasteiger partial charge in [0.15, 0.2) is 0 Å². The first-order chi connectivity index (χ1) is 13.0. The third kappa shape index (κ3) is 3.03. The molecule has 0 bridgehead atoms. The average Bonchev–Trinajstić information content (AvgIpc) is 3.17. The molecule has 1 heterocycles. The molecule has 0 saturated carbocycles. The van der Waals surface area contributed by atoms with Crippen LogP contribution in [-0.2, 0) is 4.74 Å². The number of ether oxygens (including phenoxy) is 2. The van der Waals surface area contributed by atoms with Crippen LogP contribution < -0.4 is 10.1 Å². The molecule has 4 nitrogen and oxygen atoms in total. The first-order valence-electron chi connectivity index (χ1n) is 8.72. The second kappa shape index (κ2) is 7.21. The van der Waals surface area contributed by atoms with Crippen molar-refractivity contribution in [3.05, 3.63) is 68.7 Å². The van der Waals surface area contributed by atoms with Crippen LogP contribution in [0.3, 0.4) is 0 Å². The second-order valence-corrected chi connectivity index (χ2v) is 8.06. The third-order valence-corrected chi connectivity index (χ3v) is 6.21. The standard InChI is InChI=1S/C21H19BrClNO3/c1-26-17-9-6-11(22)10-15(17)19-13-5-3-4-12(13)18-14(21(25)27-2)7-8-16(23)20(18)24-19/h3-4,6-10,12-13,19,24H,5H2,1-2H3/t12-,13-,19-/m1/s1. The number of nitrogens with one attached hydrogen (secondary N) is 1. The Morgan fingerprint density at radius 1 is 1.26 bits per heavy atom. The monoisotopic (exact) mass is 447 g/mol. The van der Waals surface area contributed by atoms with Crippen LogP contribution >= 0.6 is 27.5 Å². The largest absolute Gasteiger partial charge is 0.496 e. The number of halogens is 2. The predicted octanol–water partition coefficient (Wildman–Crippen LogP) is 5.72. The van der Waals surface area contributed by atoms with Gasteiger partial charge in [0.05, 0.1) is 36.5 Å². The van der Waals surface area contributed by atoms with Crippen molar-refractivity contribution in [2.45, 2.75) is 18.4 Å². The Morgan fingerprint density at radius 2 is 2.07 bits per heavy atom. The minimum absolute atomic E-state index is 0.00958. The summed E-state index contributed by atoms with van der Waals surface area (Å²) < 4.78 is 11.6. The molecule has 1 aliphatic carbocycles. The van der Waals surface area contributed by atoms with Crippen LogP contribution in [0.1, 0.15) is 39.9 Å². The molecule has 2 aromatic rings. The van der Waals surface area contributed by atoms with Gasteiger partial charge in [-0.1, -0.05) is 39.7 Å². The first kappa shape index (κ1) is 18.4. The zero-order valence-electron chi connectivity index (χ0n) is 15.0. The number of anilines is 1. The number of fused-ring (bicyclic) bond motifs is 3. The molecule has 0 unspecified atom stereocenters. The Bertz CT molecular complexity index is 943. The van der Waals surface area contributed by atoms with Gasteiger partial charge in [-0.25, -0.2) is 4.79 Å². The highest BCUT2D eigenvalue weighted by molar-refractivity contribution is 9.10. The number of hydrogen-bond acceptors (Lipinski definition) is 4. The van der Waals surface area contributed by atoms with E-state index in [1.54, 1.807) is 19.2 Å². The van der Waals surface area contributed by atoms with Crippen molar-refractivity contribution in [2.24, 2.45) is 5.92 Å². The molecule has 140 valence electrons. The van der Waals surface area contributed by atoms with Gasteiger partial charge in [0.25, 0.3) is 0 Å². The maximum Gasteiger partial charge on any atom is 0.338 e. The molecule has 2 aromatic carbocycles. The smallest absolute Gasteiger partial charge is 0.338 e. The van der Waals surface area contributed by atoms with Gasteiger partial charge in [-0.2, -0.15) is 0 Å². The lowest BCUT2D eigenvalue weighted by Gasteiger charge is -2.39. The van der Waals surface area contributed by atoms with E-state index in [9.17, 15) is 4.79 Å². The van der Waals surface area contributed by atoms with E-state index in [1.807, 2.05) is 12.1 Å². The lowest BCUT2D eigenvalue weighted by atomic mass is 9.75. The van der Waals surface area contributed by atoms with E-state index < -0.39 is 0 Å². The fourth-order valence-electron chi connectivity index (χ4n) is 4.22. The summed E-state index contributed by atoms with van der Waals surface area (Å²) >= 11 is 10.1. The van der Waals surface area contributed by atoms with Gasteiger partial charge < -0.3 is 14.8 Å². The summed E-state index contributed by atoms with van der Waals surface area (Å²) in [5, 5.41) is 4.19. The van der Waals surface area contributed by atoms with Gasteiger partial charge >= 0.3 is 5.97 Å². The highest BCUT2D eigenvalue weighted by atomic mass is 79.9. The SMILES string of the molecule is COC(=O)c1ccc(Cl)c2c1[C@@H]1C=CC[C@H]1[C@H](c1cc(Br)ccc1OC)N2. The van der Waals surface area contributed by atoms with Crippen LogP contribution in [0.5, 0.6) is 5.75 Å². The number of benzene rings is 2. The molecule has 0 radical (unpaired) electrons. The molecular weight excluding hydrogens is 430 g/mol. The number of carbonyl (C=O) groups is 1. The van der Waals surface area contributed by atoms with Crippen molar-refractivity contribution in [3.8, 4) is 5.75 Å². The van der Waals surface area contributed by atoms with Crippen LogP contribution in [0.2, 0.25) is 5.02 Å². The van der Waals surface area contributed by atoms with Crippen molar-refractivity contribution in [1.82, 2.24) is 0 Å². The molecule has 0 spiro atoms. The molecule has 3 atom stereocenters. The van der Waals surface area contributed by atoms with Crippen LogP contribution in [0.25, 0.3) is 0 Å². The first-order valence-corrected chi connectivity index (χ1v) is 9.89. The summed E-state index contributed by atoms with van der Waals surface area (Å²) in [6.07, 6.45) is 5.25. The average molecular weight is 449 g/mol. The van der Waals surface area contributed by atoms with Gasteiger partial charge in [0, 0.05) is 16.0 Å². The minimum atomic E-state index is -0.345. The zero-order chi connectivity index (χ0) is 19.1. The Balaban J connectivity index is 1.89. The highest BCUT2D eigenvalue weighted by Gasteiger charge is 2.41. The summed E-state index contributed by atoms with van der Waals surface area (Å²) in [5.41, 5.74) is 3.33. The lowest BCUT2D eigenvalue weighted by molar-refractivity contribution is 0.0598. The summed E-state index contributed by atoms with van der Waals surface area (Å²) in [5.74, 6) is 0.817. The number of allylic oxidation sites excluding steroid dienone is 2. The number of methoxy groups -OCH3 is 2. The molecule has 0 saturated heterocycles. The van der Waals surface area contributed by atoms with Gasteiger partial charge in [0.2, 0.25) is 0 Å². The molecule has 6 heteroatoms. The molecule has 0 amide bonds. The minimum Gasteiger partial charge on any atom is -0.496 e. The van der Waals surface area contributed by atoms with Crippen molar-refractivity contribution in [2.75, 3.05) is 19.5 Å². The number of carbonyl (C=O) groups excluding carboxylic acids is 1. The maximum absolute atomic E-state index is 12.3. The molecular formula is C21H19BrClNO3. The highest BCUT2D eigenvalue weighted by Crippen LogP contribution is 2.54. The Hall–Kier alpha value is -1.98. The maximum atomic E-state index is 12.3. The molecule has 2 aliphatic rings. The van der Waals surface area contributed by atoms with Gasteiger partial charge in [-0.05, 0) is 48.2 Å². The summed E-state index contributed by atoms with van der Waals surface area (Å²) in [7, 11) is 3.08. The van der Waals surface area contributed by atoms with E-state index in [4.69, 9.17) is 21.1 Å². The van der Waals surface area contributed by atoms with E-state index in [-0.39, 0.29) is 23.8 Å². The van der Waals surface area contributed by atoms with Crippen LogP contribution in [-0.4, -0.2) is 20.2 Å². The van der Waals surface area contributed by atoms with Crippen LogP contribution in [0.4, 0.5) is 5.69 Å². The Labute approximate surface area is 171 Å². The topological polar surface area (TPSA) is 47.6 Å². The van der Waals surface area contributed by atoms with Gasteiger partial charge in [0.1, 0.15) is 5.75 Å². The van der Waals surface area contributed by atoms with E-state index in [1.165, 1.54) is 7.11 Å². The molecule has 4 rings (SSSR count). The fourth-order valence-corrected chi connectivity index (χ4v) is 4.82. The summed E-state index contributed by atoms with van der Waals surface area (Å²) in [6, 6.07) is 9.50. The normalized spacial score (nSPS) is 22.6. The Kier molecular flexibility index (Phi) is 4.91. The number of hydrogen-bond donors (Lipinski definition) is 1. The molecule has 1 aliphatic heterocycles. The fraction of sp³-hybridized carbons (Fsp3) is 0.286. The number of rotatable bonds is 3. The summed E-state index contributed by atoms with van der Waals surface area (Å²) in [6.45, 7) is 0. The third-order valence-electron chi connectivity index (χ3n) is 5.40. The Morgan fingerprint density at radius 3 is 2.81 bits per heavy atom. The van der Waals surface area contributed by atoms with Crippen molar-refractivity contribution >= 4 is 39.2 Å². The quantitative estimate of drug-likeness (QED) is 0.481.